The number of benzene rings is 2. The van der Waals surface area contributed by atoms with Crippen molar-refractivity contribution in [2.45, 2.75) is 12.8 Å². The topological polar surface area (TPSA) is 104 Å². The maximum atomic E-state index is 12.0. The number of nitrogens with two attached hydrogens (primary N) is 1. The molecule has 0 spiro atoms. The molecule has 1 heterocycles. The number of rotatable bonds is 4. The van der Waals surface area contributed by atoms with Crippen LogP contribution in [0.2, 0.25) is 0 Å². The summed E-state index contributed by atoms with van der Waals surface area (Å²) in [4.78, 5) is 12.0. The Bertz CT molecular complexity index is 809. The SMILES string of the molecule is Nc1n[nH]c2ccc(NC(=O)CCc3ccc(O)cc3)cc12. The van der Waals surface area contributed by atoms with E-state index in [1.807, 2.05) is 6.07 Å². The zero-order valence-corrected chi connectivity index (χ0v) is 11.8. The van der Waals surface area contributed by atoms with Gasteiger partial charge in [0.1, 0.15) is 5.75 Å². The Kier molecular flexibility index (Phi) is 3.65. The van der Waals surface area contributed by atoms with E-state index in [-0.39, 0.29) is 11.7 Å². The van der Waals surface area contributed by atoms with Crippen molar-refractivity contribution in [3.05, 3.63) is 48.0 Å². The number of nitrogens with zero attached hydrogens (tertiary/aromatic N) is 1. The molecule has 1 aromatic heterocycles. The molecule has 22 heavy (non-hydrogen) atoms. The second-order valence-electron chi connectivity index (χ2n) is 5.08. The van der Waals surface area contributed by atoms with Gasteiger partial charge in [0, 0.05) is 17.5 Å². The molecule has 3 rings (SSSR count). The lowest BCUT2D eigenvalue weighted by atomic mass is 10.1. The molecule has 2 aromatic carbocycles. The summed E-state index contributed by atoms with van der Waals surface area (Å²) in [6, 6.07) is 12.3. The van der Waals surface area contributed by atoms with E-state index >= 15 is 0 Å². The number of aryl methyl sites for hydroxylation is 1. The van der Waals surface area contributed by atoms with Gasteiger partial charge in [-0.1, -0.05) is 12.1 Å². The van der Waals surface area contributed by atoms with Crippen LogP contribution in [0.15, 0.2) is 42.5 Å². The molecule has 0 fully saturated rings. The van der Waals surface area contributed by atoms with Gasteiger partial charge in [0.2, 0.25) is 5.91 Å². The highest BCUT2D eigenvalue weighted by Crippen LogP contribution is 2.22. The Morgan fingerprint density at radius 3 is 2.77 bits per heavy atom. The third-order valence-corrected chi connectivity index (χ3v) is 3.45. The minimum atomic E-state index is -0.0745. The van der Waals surface area contributed by atoms with E-state index in [0.29, 0.717) is 24.3 Å². The van der Waals surface area contributed by atoms with E-state index in [1.54, 1.807) is 36.4 Å². The summed E-state index contributed by atoms with van der Waals surface area (Å²) in [6.07, 6.45) is 0.978. The molecule has 6 heteroatoms. The lowest BCUT2D eigenvalue weighted by Gasteiger charge is -2.06. The van der Waals surface area contributed by atoms with Crippen molar-refractivity contribution in [1.29, 1.82) is 0 Å². The first-order chi connectivity index (χ1) is 10.6. The number of H-pyrrole nitrogens is 1. The first-order valence-corrected chi connectivity index (χ1v) is 6.93. The van der Waals surface area contributed by atoms with Gasteiger partial charge in [0.25, 0.3) is 0 Å². The van der Waals surface area contributed by atoms with Crippen LogP contribution in [-0.2, 0) is 11.2 Å². The molecule has 1 amide bonds. The molecule has 0 saturated carbocycles. The summed E-state index contributed by atoms with van der Waals surface area (Å²) >= 11 is 0. The molecular formula is C16H16N4O2. The normalized spacial score (nSPS) is 10.7. The predicted octanol–water partition coefficient (Wildman–Crippen LogP) is 2.42. The number of carbonyl (C=O) groups excluding carboxylic acids is 1. The monoisotopic (exact) mass is 296 g/mol. The summed E-state index contributed by atoms with van der Waals surface area (Å²) < 4.78 is 0. The highest BCUT2D eigenvalue weighted by Gasteiger charge is 2.06. The van der Waals surface area contributed by atoms with Crippen LogP contribution in [0.1, 0.15) is 12.0 Å². The van der Waals surface area contributed by atoms with Crippen molar-refractivity contribution in [2.75, 3.05) is 11.1 Å². The van der Waals surface area contributed by atoms with Crippen molar-refractivity contribution in [3.8, 4) is 5.75 Å². The first-order valence-electron chi connectivity index (χ1n) is 6.93. The first kappa shape index (κ1) is 13.9. The van der Waals surface area contributed by atoms with Crippen LogP contribution in [0.3, 0.4) is 0 Å². The van der Waals surface area contributed by atoms with Gasteiger partial charge in [0.05, 0.1) is 5.52 Å². The van der Waals surface area contributed by atoms with E-state index in [1.165, 1.54) is 0 Å². The third kappa shape index (κ3) is 3.01. The van der Waals surface area contributed by atoms with E-state index in [0.717, 1.165) is 16.5 Å². The van der Waals surface area contributed by atoms with Crippen molar-refractivity contribution < 1.29 is 9.90 Å². The molecule has 0 bridgehead atoms. The van der Waals surface area contributed by atoms with Crippen LogP contribution in [-0.4, -0.2) is 21.2 Å². The molecule has 3 aromatic rings. The number of aromatic nitrogens is 2. The second kappa shape index (κ2) is 5.77. The number of hydrogen-bond donors (Lipinski definition) is 4. The van der Waals surface area contributed by atoms with Gasteiger partial charge in [-0.25, -0.2) is 0 Å². The molecule has 0 unspecified atom stereocenters. The van der Waals surface area contributed by atoms with Crippen molar-refractivity contribution in [3.63, 3.8) is 0 Å². The number of phenols is 1. The van der Waals surface area contributed by atoms with E-state index in [9.17, 15) is 9.90 Å². The fourth-order valence-corrected chi connectivity index (χ4v) is 2.26. The average Bonchev–Trinajstić information content (AvgIpc) is 2.88. The van der Waals surface area contributed by atoms with Gasteiger partial charge in [-0.05, 0) is 42.3 Å². The number of phenolic OH excluding ortho intramolecular Hbond substituents is 1. The molecule has 112 valence electrons. The van der Waals surface area contributed by atoms with E-state index in [2.05, 4.69) is 15.5 Å². The molecular weight excluding hydrogens is 280 g/mol. The van der Waals surface area contributed by atoms with Gasteiger partial charge < -0.3 is 16.2 Å². The molecule has 0 aliphatic rings. The number of aromatic hydroxyl groups is 1. The van der Waals surface area contributed by atoms with Crippen LogP contribution in [0.4, 0.5) is 11.5 Å². The molecule has 0 aliphatic heterocycles. The van der Waals surface area contributed by atoms with Gasteiger partial charge in [-0.2, -0.15) is 5.10 Å². The maximum absolute atomic E-state index is 12.0. The number of anilines is 2. The Balaban J connectivity index is 1.62. The number of nitrogens with one attached hydrogen (secondary N) is 2. The maximum Gasteiger partial charge on any atom is 0.224 e. The van der Waals surface area contributed by atoms with Gasteiger partial charge in [0.15, 0.2) is 5.82 Å². The van der Waals surface area contributed by atoms with Gasteiger partial charge in [-0.3, -0.25) is 9.89 Å². The summed E-state index contributed by atoms with van der Waals surface area (Å²) in [7, 11) is 0. The zero-order chi connectivity index (χ0) is 15.5. The summed E-state index contributed by atoms with van der Waals surface area (Å²) in [5.74, 6) is 0.559. The van der Waals surface area contributed by atoms with Crippen molar-refractivity contribution >= 4 is 28.3 Å². The number of aromatic amines is 1. The lowest BCUT2D eigenvalue weighted by Crippen LogP contribution is -2.12. The summed E-state index contributed by atoms with van der Waals surface area (Å²) in [6.45, 7) is 0. The van der Waals surface area contributed by atoms with Gasteiger partial charge >= 0.3 is 0 Å². The second-order valence-corrected chi connectivity index (χ2v) is 5.08. The third-order valence-electron chi connectivity index (χ3n) is 3.45. The Morgan fingerprint density at radius 2 is 2.00 bits per heavy atom. The fourth-order valence-electron chi connectivity index (χ4n) is 2.26. The van der Waals surface area contributed by atoms with E-state index in [4.69, 9.17) is 5.73 Å². The molecule has 5 N–H and O–H groups in total. The molecule has 0 aliphatic carbocycles. The highest BCUT2D eigenvalue weighted by atomic mass is 16.3. The molecule has 0 saturated heterocycles. The summed E-state index contributed by atoms with van der Waals surface area (Å²) in [5.41, 5.74) is 8.27. The van der Waals surface area contributed by atoms with Gasteiger partial charge in [-0.15, -0.1) is 0 Å². The largest absolute Gasteiger partial charge is 0.508 e. The quantitative estimate of drug-likeness (QED) is 0.593. The lowest BCUT2D eigenvalue weighted by molar-refractivity contribution is -0.116. The van der Waals surface area contributed by atoms with Crippen molar-refractivity contribution in [1.82, 2.24) is 10.2 Å². The Morgan fingerprint density at radius 1 is 1.23 bits per heavy atom. The number of fused-ring (bicyclic) bond motifs is 1. The van der Waals surface area contributed by atoms with Crippen molar-refractivity contribution in [2.24, 2.45) is 0 Å². The van der Waals surface area contributed by atoms with Crippen LogP contribution in [0, 0.1) is 0 Å². The Hall–Kier alpha value is -3.02. The minimum absolute atomic E-state index is 0.0745. The van der Waals surface area contributed by atoms with Crippen LogP contribution in [0.25, 0.3) is 10.9 Å². The van der Waals surface area contributed by atoms with Crippen LogP contribution < -0.4 is 11.1 Å². The van der Waals surface area contributed by atoms with E-state index < -0.39 is 0 Å². The van der Waals surface area contributed by atoms with Crippen LogP contribution in [0.5, 0.6) is 5.75 Å². The number of nitrogen functional groups attached to an aromatic ring is 1. The standard InChI is InChI=1S/C16H16N4O2/c17-16-13-9-11(4-7-14(13)19-20-16)18-15(22)8-3-10-1-5-12(21)6-2-10/h1-2,4-7,9,21H,3,8H2,(H,18,22)(H3,17,19,20). The molecule has 0 atom stereocenters. The number of carbonyl (C=O) groups is 1. The molecule has 0 radical (unpaired) electrons. The minimum Gasteiger partial charge on any atom is -0.508 e. The number of hydrogen-bond acceptors (Lipinski definition) is 4. The molecule has 6 nitrogen and oxygen atoms in total. The zero-order valence-electron chi connectivity index (χ0n) is 11.8. The Labute approximate surface area is 127 Å². The number of amides is 1. The summed E-state index contributed by atoms with van der Waals surface area (Å²) in [5, 5.41) is 19.6. The average molecular weight is 296 g/mol. The predicted molar refractivity (Wildman–Crippen MR) is 85.6 cm³/mol. The van der Waals surface area contributed by atoms with Crippen LogP contribution >= 0.6 is 0 Å². The smallest absolute Gasteiger partial charge is 0.224 e. The fraction of sp³-hybridized carbons (Fsp3) is 0.125. The highest BCUT2D eigenvalue weighted by molar-refractivity contribution is 5.96.